The van der Waals surface area contributed by atoms with Crippen LogP contribution in [0.25, 0.3) is 5.69 Å². The van der Waals surface area contributed by atoms with Crippen LogP contribution in [0.4, 0.5) is 11.4 Å². The van der Waals surface area contributed by atoms with Crippen molar-refractivity contribution in [2.45, 2.75) is 0 Å². The molecule has 3 rings (SSSR count). The number of halogens is 1. The van der Waals surface area contributed by atoms with E-state index in [4.69, 9.17) is 16.7 Å². The monoisotopic (exact) mass is 367 g/mol. The zero-order valence-electron chi connectivity index (χ0n) is 14.4. The molecule has 26 heavy (non-hydrogen) atoms. The lowest BCUT2D eigenvalue weighted by atomic mass is 10.2. The zero-order valence-corrected chi connectivity index (χ0v) is 15.2. The van der Waals surface area contributed by atoms with E-state index in [0.29, 0.717) is 5.69 Å². The van der Waals surface area contributed by atoms with Gasteiger partial charge in [-0.05, 0) is 54.6 Å². The van der Waals surface area contributed by atoms with Crippen LogP contribution < -0.4 is 4.90 Å². The van der Waals surface area contributed by atoms with Crippen LogP contribution in [0.3, 0.4) is 0 Å². The Morgan fingerprint density at radius 2 is 1.88 bits per heavy atom. The van der Waals surface area contributed by atoms with E-state index in [9.17, 15) is 4.79 Å². The Morgan fingerprint density at radius 1 is 1.15 bits per heavy atom. The van der Waals surface area contributed by atoms with Crippen molar-refractivity contribution in [1.82, 2.24) is 4.57 Å². The van der Waals surface area contributed by atoms with E-state index in [1.165, 1.54) is 12.1 Å². The van der Waals surface area contributed by atoms with Crippen molar-refractivity contribution in [2.75, 3.05) is 19.0 Å². The Kier molecular flexibility index (Phi) is 5.09. The molecule has 0 radical (unpaired) electrons. The molecule has 132 valence electrons. The average molecular weight is 368 g/mol. The maximum Gasteiger partial charge on any atom is 0.337 e. The van der Waals surface area contributed by atoms with Gasteiger partial charge in [0.15, 0.2) is 0 Å². The summed E-state index contributed by atoms with van der Waals surface area (Å²) in [6.45, 7) is 0. The van der Waals surface area contributed by atoms with Gasteiger partial charge in [0.2, 0.25) is 0 Å². The van der Waals surface area contributed by atoms with Gasteiger partial charge in [0.05, 0.1) is 28.2 Å². The topological polar surface area (TPSA) is 57.8 Å². The molecule has 0 saturated carbocycles. The third-order valence-electron chi connectivity index (χ3n) is 3.95. The number of carboxylic acids is 1. The fourth-order valence-corrected chi connectivity index (χ4v) is 2.74. The molecule has 0 amide bonds. The summed E-state index contributed by atoms with van der Waals surface area (Å²) in [7, 11) is 4.00. The van der Waals surface area contributed by atoms with Gasteiger partial charge >= 0.3 is 5.97 Å². The molecule has 1 heterocycles. The van der Waals surface area contributed by atoms with Gasteiger partial charge in [-0.3, -0.25) is 4.99 Å². The number of aliphatic imine (C=N–C) groups is 1. The third-order valence-corrected chi connectivity index (χ3v) is 4.28. The van der Waals surface area contributed by atoms with Gasteiger partial charge in [-0.15, -0.1) is 0 Å². The number of aromatic carboxylic acids is 1. The molecule has 0 spiro atoms. The molecule has 0 unspecified atom stereocenters. The van der Waals surface area contributed by atoms with E-state index >= 15 is 0 Å². The van der Waals surface area contributed by atoms with E-state index in [-0.39, 0.29) is 10.6 Å². The summed E-state index contributed by atoms with van der Waals surface area (Å²) in [4.78, 5) is 17.6. The normalized spacial score (nSPS) is 11.0. The number of rotatable bonds is 5. The van der Waals surface area contributed by atoms with Crippen LogP contribution in [0, 0.1) is 0 Å². The second-order valence-electron chi connectivity index (χ2n) is 5.94. The van der Waals surface area contributed by atoms with E-state index in [2.05, 4.69) is 17.1 Å². The first-order chi connectivity index (χ1) is 12.5. The van der Waals surface area contributed by atoms with Gasteiger partial charge < -0.3 is 14.6 Å². The molecule has 0 aliphatic heterocycles. The Morgan fingerprint density at radius 3 is 2.54 bits per heavy atom. The highest BCUT2D eigenvalue weighted by atomic mass is 35.5. The molecule has 1 N–H and O–H groups in total. The number of hydrogen-bond donors (Lipinski definition) is 1. The van der Waals surface area contributed by atoms with Gasteiger partial charge in [0.1, 0.15) is 0 Å². The molecule has 0 fully saturated rings. The van der Waals surface area contributed by atoms with Gasteiger partial charge in [0, 0.05) is 31.7 Å². The lowest BCUT2D eigenvalue weighted by Crippen LogP contribution is -2.08. The van der Waals surface area contributed by atoms with Gasteiger partial charge in [-0.1, -0.05) is 11.6 Å². The van der Waals surface area contributed by atoms with E-state index in [0.717, 1.165) is 17.1 Å². The van der Waals surface area contributed by atoms with Crippen LogP contribution in [0.5, 0.6) is 0 Å². The van der Waals surface area contributed by atoms with Crippen molar-refractivity contribution in [3.63, 3.8) is 0 Å². The van der Waals surface area contributed by atoms with Crippen LogP contribution >= 0.6 is 11.6 Å². The Balaban J connectivity index is 1.88. The number of nitrogens with zero attached hydrogens (tertiary/aromatic N) is 3. The average Bonchev–Trinajstić information content (AvgIpc) is 3.09. The van der Waals surface area contributed by atoms with Crippen molar-refractivity contribution < 1.29 is 9.90 Å². The molecule has 0 bridgehead atoms. The fourth-order valence-electron chi connectivity index (χ4n) is 2.54. The summed E-state index contributed by atoms with van der Waals surface area (Å²) < 4.78 is 2.01. The Bertz CT molecular complexity index is 959. The molecule has 5 nitrogen and oxygen atoms in total. The number of carbonyl (C=O) groups is 1. The van der Waals surface area contributed by atoms with E-state index in [1.807, 2.05) is 54.0 Å². The van der Waals surface area contributed by atoms with Gasteiger partial charge in [-0.25, -0.2) is 4.79 Å². The molecular weight excluding hydrogens is 350 g/mol. The molecule has 1 aromatic heterocycles. The fraction of sp³-hybridized carbons (Fsp3) is 0.100. The summed E-state index contributed by atoms with van der Waals surface area (Å²) in [6.07, 6.45) is 3.66. The van der Waals surface area contributed by atoms with E-state index in [1.54, 1.807) is 12.3 Å². The molecular formula is C20H18ClN3O2. The van der Waals surface area contributed by atoms with Crippen LogP contribution in [0.2, 0.25) is 5.02 Å². The number of benzene rings is 2. The first kappa shape index (κ1) is 17.8. The predicted molar refractivity (Wildman–Crippen MR) is 106 cm³/mol. The number of aromatic nitrogens is 1. The second kappa shape index (κ2) is 7.45. The summed E-state index contributed by atoms with van der Waals surface area (Å²) in [5, 5.41) is 9.35. The largest absolute Gasteiger partial charge is 0.478 e. The molecule has 2 aromatic carbocycles. The molecule has 0 aliphatic carbocycles. The highest BCUT2D eigenvalue weighted by molar-refractivity contribution is 6.33. The molecule has 3 aromatic rings. The molecule has 0 saturated heterocycles. The highest BCUT2D eigenvalue weighted by Gasteiger charge is 2.09. The molecule has 0 aliphatic rings. The predicted octanol–water partition coefficient (Wildman–Crippen LogP) is 4.65. The minimum Gasteiger partial charge on any atom is -0.478 e. The third kappa shape index (κ3) is 3.78. The van der Waals surface area contributed by atoms with Crippen molar-refractivity contribution in [1.29, 1.82) is 0 Å². The number of carboxylic acid groups (broad SMARTS) is 1. The maximum atomic E-state index is 11.2. The lowest BCUT2D eigenvalue weighted by Gasteiger charge is -2.13. The Hall–Kier alpha value is -3.05. The van der Waals surface area contributed by atoms with Gasteiger partial charge in [-0.2, -0.15) is 0 Å². The first-order valence-electron chi connectivity index (χ1n) is 7.98. The quantitative estimate of drug-likeness (QED) is 0.668. The van der Waals surface area contributed by atoms with Gasteiger partial charge in [0.25, 0.3) is 0 Å². The van der Waals surface area contributed by atoms with Crippen molar-refractivity contribution >= 4 is 35.2 Å². The van der Waals surface area contributed by atoms with Crippen LogP contribution in [-0.4, -0.2) is 36.0 Å². The maximum absolute atomic E-state index is 11.2. The van der Waals surface area contributed by atoms with Crippen molar-refractivity contribution in [3.8, 4) is 5.69 Å². The second-order valence-corrected chi connectivity index (χ2v) is 6.35. The van der Waals surface area contributed by atoms with Crippen LogP contribution in [0.15, 0.2) is 65.8 Å². The summed E-state index contributed by atoms with van der Waals surface area (Å²) in [5.74, 6) is -1.07. The summed E-state index contributed by atoms with van der Waals surface area (Å²) >= 11 is 5.89. The molecule has 6 heteroatoms. The van der Waals surface area contributed by atoms with Crippen molar-refractivity contribution in [3.05, 3.63) is 77.1 Å². The van der Waals surface area contributed by atoms with Crippen LogP contribution in [0.1, 0.15) is 16.1 Å². The smallest absolute Gasteiger partial charge is 0.337 e. The minimum absolute atomic E-state index is 0.0379. The van der Waals surface area contributed by atoms with Crippen molar-refractivity contribution in [2.24, 2.45) is 4.99 Å². The van der Waals surface area contributed by atoms with Crippen LogP contribution in [-0.2, 0) is 0 Å². The minimum atomic E-state index is -1.07. The highest BCUT2D eigenvalue weighted by Crippen LogP contribution is 2.23. The first-order valence-corrected chi connectivity index (χ1v) is 8.35. The summed E-state index contributed by atoms with van der Waals surface area (Å²) in [5.41, 5.74) is 3.59. The SMILES string of the molecule is CN(C)c1ccc(-n2cccc2C=Nc2ccc(Cl)c(C(=O)O)c2)cc1. The standard InChI is InChI=1S/C20H18ClN3O2/c1-23(2)15-6-8-16(9-7-15)24-11-3-4-17(24)13-22-14-5-10-19(21)18(12-14)20(25)26/h3-13H,1-2H3,(H,25,26). The zero-order chi connectivity index (χ0) is 18.7. The molecule has 0 atom stereocenters. The number of hydrogen-bond acceptors (Lipinski definition) is 3. The summed E-state index contributed by atoms with van der Waals surface area (Å²) in [6, 6.07) is 16.7. The van der Waals surface area contributed by atoms with E-state index < -0.39 is 5.97 Å². The number of anilines is 1. The lowest BCUT2D eigenvalue weighted by molar-refractivity contribution is 0.0697. The Labute approximate surface area is 156 Å².